The van der Waals surface area contributed by atoms with Crippen molar-refractivity contribution in [3.63, 3.8) is 0 Å². The van der Waals surface area contributed by atoms with Crippen molar-refractivity contribution in [3.8, 4) is 0 Å². The Labute approximate surface area is 84.9 Å². The van der Waals surface area contributed by atoms with Crippen LogP contribution in [-0.2, 0) is 0 Å². The first-order valence-electron chi connectivity index (χ1n) is 4.05. The molecule has 88 valence electrons. The minimum Gasteiger partial charge on any atom is -0.394 e. The van der Waals surface area contributed by atoms with Gasteiger partial charge in [0, 0.05) is 6.08 Å². The zero-order valence-corrected chi connectivity index (χ0v) is 7.67. The number of nitrogens with zero attached hydrogens (tertiary/aromatic N) is 1. The van der Waals surface area contributed by atoms with E-state index >= 15 is 0 Å². The van der Waals surface area contributed by atoms with Crippen LogP contribution in [0.3, 0.4) is 0 Å². The van der Waals surface area contributed by atoms with Gasteiger partial charge in [-0.1, -0.05) is 0 Å². The van der Waals surface area contributed by atoms with Crippen molar-refractivity contribution in [1.82, 2.24) is 0 Å². The molecule has 0 radical (unpaired) electrons. The van der Waals surface area contributed by atoms with Crippen LogP contribution in [-0.4, -0.2) is 61.5 Å². The quantitative estimate of drug-likeness (QED) is 0.242. The third kappa shape index (κ3) is 4.81. The van der Waals surface area contributed by atoms with Gasteiger partial charge >= 0.3 is 0 Å². The predicted molar refractivity (Wildman–Crippen MR) is 47.2 cm³/mol. The first kappa shape index (κ1) is 13.9. The van der Waals surface area contributed by atoms with E-state index in [9.17, 15) is 10.1 Å². The Kier molecular flexibility index (Phi) is 5.97. The van der Waals surface area contributed by atoms with Gasteiger partial charge in [0.05, 0.1) is 11.5 Å². The van der Waals surface area contributed by atoms with Gasteiger partial charge in [0.2, 0.25) is 6.20 Å². The molecule has 5 N–H and O–H groups in total. The molecule has 0 aromatic rings. The average Bonchev–Trinajstić information content (AvgIpc) is 2.22. The minimum absolute atomic E-state index is 0.395. The average molecular weight is 223 g/mol. The molecule has 4 atom stereocenters. The highest BCUT2D eigenvalue weighted by molar-refractivity contribution is 4.92. The first-order valence-corrected chi connectivity index (χ1v) is 4.05. The van der Waals surface area contributed by atoms with Crippen molar-refractivity contribution in [2.75, 3.05) is 6.61 Å². The minimum atomic E-state index is -1.82. The number of hydrogen-bond acceptors (Lipinski definition) is 7. The summed E-state index contributed by atoms with van der Waals surface area (Å²) in [4.78, 5) is 9.00. The van der Waals surface area contributed by atoms with Gasteiger partial charge < -0.3 is 25.5 Å². The van der Waals surface area contributed by atoms with E-state index in [0.717, 1.165) is 0 Å². The van der Waals surface area contributed by atoms with Crippen molar-refractivity contribution in [1.29, 1.82) is 0 Å². The van der Waals surface area contributed by atoms with Gasteiger partial charge in [-0.15, -0.1) is 0 Å². The Balaban J connectivity index is 4.30. The molecule has 0 aromatic carbocycles. The van der Waals surface area contributed by atoms with E-state index in [1.54, 1.807) is 0 Å². The molecule has 0 fully saturated rings. The fraction of sp³-hybridized carbons (Fsp3) is 0.714. The maximum atomic E-state index is 9.86. The second-order valence-electron chi connectivity index (χ2n) is 2.85. The highest BCUT2D eigenvalue weighted by Crippen LogP contribution is 2.05. The molecule has 15 heavy (non-hydrogen) atoms. The third-order valence-electron chi connectivity index (χ3n) is 1.69. The van der Waals surface area contributed by atoms with Crippen molar-refractivity contribution >= 4 is 0 Å². The number of hydrogen-bond donors (Lipinski definition) is 5. The summed E-state index contributed by atoms with van der Waals surface area (Å²) in [6.07, 6.45) is -5.89. The van der Waals surface area contributed by atoms with Gasteiger partial charge in [0.15, 0.2) is 0 Å². The smallest absolute Gasteiger partial charge is 0.233 e. The van der Waals surface area contributed by atoms with Crippen molar-refractivity contribution < 1.29 is 30.5 Å². The molecule has 0 saturated carbocycles. The summed E-state index contributed by atoms with van der Waals surface area (Å²) in [5.41, 5.74) is 0. The van der Waals surface area contributed by atoms with E-state index in [4.69, 9.17) is 25.5 Å². The van der Waals surface area contributed by atoms with Crippen LogP contribution in [0.1, 0.15) is 0 Å². The highest BCUT2D eigenvalue weighted by Gasteiger charge is 2.28. The first-order chi connectivity index (χ1) is 6.90. The van der Waals surface area contributed by atoms with E-state index < -0.39 is 35.9 Å². The van der Waals surface area contributed by atoms with Crippen LogP contribution in [0.15, 0.2) is 12.3 Å². The molecule has 0 amide bonds. The van der Waals surface area contributed by atoms with Gasteiger partial charge in [-0.05, 0) is 0 Å². The summed E-state index contributed by atoms with van der Waals surface area (Å²) in [6.45, 7) is -0.802. The molecule has 0 spiro atoms. The molecule has 0 aliphatic heterocycles. The summed E-state index contributed by atoms with van der Waals surface area (Å²) in [5.74, 6) is 0. The lowest BCUT2D eigenvalue weighted by molar-refractivity contribution is -0.403. The Bertz CT molecular complexity index is 231. The second kappa shape index (κ2) is 6.43. The molecule has 0 unspecified atom stereocenters. The van der Waals surface area contributed by atoms with E-state index in [1.807, 2.05) is 0 Å². The van der Waals surface area contributed by atoms with Gasteiger partial charge in [-0.25, -0.2) is 0 Å². The number of aliphatic hydroxyl groups is 5. The lowest BCUT2D eigenvalue weighted by Gasteiger charge is -2.23. The standard InChI is InChI=1S/C7H13NO7/c9-3-5(11)7(13)6(12)4(10)1-2-8(14)15/h1-2,4-7,9-13H,3H2/b2-1+/t4-,5+,6+,7-/m1/s1. The van der Waals surface area contributed by atoms with Crippen LogP contribution >= 0.6 is 0 Å². The Morgan fingerprint density at radius 3 is 2.13 bits per heavy atom. The molecule has 0 saturated heterocycles. The maximum absolute atomic E-state index is 9.86. The second-order valence-corrected chi connectivity index (χ2v) is 2.85. The summed E-state index contributed by atoms with van der Waals surface area (Å²) < 4.78 is 0. The number of rotatable bonds is 6. The number of nitro groups is 1. The molecule has 0 bridgehead atoms. The lowest BCUT2D eigenvalue weighted by Crippen LogP contribution is -2.45. The van der Waals surface area contributed by atoms with E-state index in [0.29, 0.717) is 12.3 Å². The van der Waals surface area contributed by atoms with Crippen molar-refractivity contribution in [2.45, 2.75) is 24.4 Å². The molecule has 8 heteroatoms. The number of aliphatic hydroxyl groups excluding tert-OH is 5. The van der Waals surface area contributed by atoms with Crippen LogP contribution in [0.4, 0.5) is 0 Å². The van der Waals surface area contributed by atoms with Crippen LogP contribution in [0.25, 0.3) is 0 Å². The molecular formula is C7H13NO7. The Morgan fingerprint density at radius 2 is 1.73 bits per heavy atom. The summed E-state index contributed by atoms with van der Waals surface area (Å²) in [7, 11) is 0. The normalized spacial score (nSPS) is 19.8. The van der Waals surface area contributed by atoms with Crippen LogP contribution in [0, 0.1) is 10.1 Å². The molecule has 0 heterocycles. The molecule has 0 aliphatic carbocycles. The van der Waals surface area contributed by atoms with Gasteiger partial charge in [-0.3, -0.25) is 10.1 Å². The zero-order valence-electron chi connectivity index (χ0n) is 7.67. The molecule has 0 rings (SSSR count). The van der Waals surface area contributed by atoms with Crippen molar-refractivity contribution in [3.05, 3.63) is 22.4 Å². The van der Waals surface area contributed by atoms with Gasteiger partial charge in [0.25, 0.3) is 0 Å². The fourth-order valence-corrected chi connectivity index (χ4v) is 0.810. The van der Waals surface area contributed by atoms with Crippen molar-refractivity contribution in [2.24, 2.45) is 0 Å². The summed E-state index contributed by atoms with van der Waals surface area (Å²) in [6, 6.07) is 0. The molecule has 0 aliphatic rings. The predicted octanol–water partition coefficient (Wildman–Crippen LogP) is -2.79. The van der Waals surface area contributed by atoms with Gasteiger partial charge in [-0.2, -0.15) is 0 Å². The summed E-state index contributed by atoms with van der Waals surface area (Å²) in [5, 5.41) is 54.5. The Morgan fingerprint density at radius 1 is 1.20 bits per heavy atom. The Hall–Kier alpha value is -1.06. The van der Waals surface area contributed by atoms with Gasteiger partial charge in [0.1, 0.15) is 24.4 Å². The molecule has 0 aromatic heterocycles. The van der Waals surface area contributed by atoms with Crippen LogP contribution in [0.5, 0.6) is 0 Å². The SMILES string of the molecule is O=[N+]([O-])/C=C/[C@@H](O)[C@H](O)[C@H](O)[C@@H](O)CO. The van der Waals surface area contributed by atoms with E-state index in [-0.39, 0.29) is 0 Å². The highest BCUT2D eigenvalue weighted by atomic mass is 16.6. The largest absolute Gasteiger partial charge is 0.394 e. The monoisotopic (exact) mass is 223 g/mol. The maximum Gasteiger partial charge on any atom is 0.233 e. The van der Waals surface area contributed by atoms with Crippen LogP contribution in [0.2, 0.25) is 0 Å². The van der Waals surface area contributed by atoms with E-state index in [1.165, 1.54) is 0 Å². The molecular weight excluding hydrogens is 210 g/mol. The third-order valence-corrected chi connectivity index (χ3v) is 1.69. The van der Waals surface area contributed by atoms with Crippen LogP contribution < -0.4 is 0 Å². The molecule has 8 nitrogen and oxygen atoms in total. The lowest BCUT2D eigenvalue weighted by atomic mass is 10.0. The summed E-state index contributed by atoms with van der Waals surface area (Å²) >= 11 is 0. The fourth-order valence-electron chi connectivity index (χ4n) is 0.810. The zero-order chi connectivity index (χ0) is 12.0. The van der Waals surface area contributed by atoms with E-state index in [2.05, 4.69) is 0 Å². The topological polar surface area (TPSA) is 144 Å².